The summed E-state index contributed by atoms with van der Waals surface area (Å²) in [5.41, 5.74) is 1.79. The van der Waals surface area contributed by atoms with E-state index in [1.807, 2.05) is 26.8 Å². The maximum absolute atomic E-state index is 13.8. The van der Waals surface area contributed by atoms with Crippen LogP contribution in [0.1, 0.15) is 45.2 Å². The number of thiazole rings is 1. The molecule has 0 bridgehead atoms. The van der Waals surface area contributed by atoms with Crippen LogP contribution in [0.3, 0.4) is 0 Å². The minimum Gasteiger partial charge on any atom is -0.497 e. The molecule has 8 nitrogen and oxygen atoms in total. The summed E-state index contributed by atoms with van der Waals surface area (Å²) in [5, 5.41) is 0.865. The van der Waals surface area contributed by atoms with Gasteiger partial charge < -0.3 is 18.6 Å². The van der Waals surface area contributed by atoms with Gasteiger partial charge in [-0.25, -0.2) is 4.98 Å². The maximum Gasteiger partial charge on any atom is 0.297 e. The molecule has 0 aliphatic carbocycles. The molecule has 1 unspecified atom stereocenters. The molecule has 2 aromatic carbocycles. The number of aromatic nitrogens is 1. The molecule has 1 amide bonds. The normalized spacial score (nSPS) is 14.9. The summed E-state index contributed by atoms with van der Waals surface area (Å²) in [4.78, 5) is 34.7. The van der Waals surface area contributed by atoms with E-state index in [1.54, 1.807) is 37.4 Å². The fourth-order valence-corrected chi connectivity index (χ4v) is 5.22. The van der Waals surface area contributed by atoms with Crippen LogP contribution >= 0.6 is 11.3 Å². The number of carbonyl (C=O) groups excluding carboxylic acids is 1. The van der Waals surface area contributed by atoms with Crippen molar-refractivity contribution in [3.8, 4) is 17.2 Å². The zero-order chi connectivity index (χ0) is 24.9. The summed E-state index contributed by atoms with van der Waals surface area (Å²) in [6.07, 6.45) is 0. The predicted octanol–water partition coefficient (Wildman–Crippen LogP) is 5.03. The van der Waals surface area contributed by atoms with Gasteiger partial charge >= 0.3 is 0 Å². The molecule has 0 spiro atoms. The summed E-state index contributed by atoms with van der Waals surface area (Å²) in [6.45, 7) is 6.20. The number of hydrogen-bond acceptors (Lipinski definition) is 8. The van der Waals surface area contributed by atoms with Crippen molar-refractivity contribution in [1.29, 1.82) is 0 Å². The molecule has 35 heavy (non-hydrogen) atoms. The van der Waals surface area contributed by atoms with Crippen LogP contribution in [0.2, 0.25) is 0 Å². The smallest absolute Gasteiger partial charge is 0.297 e. The van der Waals surface area contributed by atoms with E-state index < -0.39 is 11.9 Å². The van der Waals surface area contributed by atoms with E-state index in [2.05, 4.69) is 4.98 Å². The van der Waals surface area contributed by atoms with E-state index in [0.717, 1.165) is 10.6 Å². The van der Waals surface area contributed by atoms with Crippen molar-refractivity contribution >= 4 is 33.3 Å². The SMILES string of the molecule is CCOc1ccc(C2c3c(oc4cc(OC)ccc4c3=O)C(=O)N2c2nc(C)c(C)s2)cc1OC. The lowest BCUT2D eigenvalue weighted by Gasteiger charge is -2.23. The monoisotopic (exact) mass is 492 g/mol. The molecule has 180 valence electrons. The summed E-state index contributed by atoms with van der Waals surface area (Å²) < 4.78 is 22.5. The number of nitrogens with zero attached hydrogens (tertiary/aromatic N) is 2. The van der Waals surface area contributed by atoms with Crippen molar-refractivity contribution in [3.05, 3.63) is 74.1 Å². The molecular formula is C26H24N2O6S. The third-order valence-corrected chi connectivity index (χ3v) is 7.18. The van der Waals surface area contributed by atoms with Crippen LogP contribution in [0.25, 0.3) is 11.0 Å². The Morgan fingerprint density at radius 3 is 2.51 bits per heavy atom. The third kappa shape index (κ3) is 3.63. The van der Waals surface area contributed by atoms with E-state index >= 15 is 0 Å². The van der Waals surface area contributed by atoms with Gasteiger partial charge in [0.15, 0.2) is 22.1 Å². The van der Waals surface area contributed by atoms with Crippen molar-refractivity contribution in [3.63, 3.8) is 0 Å². The number of methoxy groups -OCH3 is 2. The Kier molecular flexibility index (Phi) is 5.72. The van der Waals surface area contributed by atoms with Crippen LogP contribution in [-0.4, -0.2) is 31.7 Å². The van der Waals surface area contributed by atoms with Crippen molar-refractivity contribution in [2.45, 2.75) is 26.8 Å². The highest BCUT2D eigenvalue weighted by Crippen LogP contribution is 2.44. The van der Waals surface area contributed by atoms with Crippen molar-refractivity contribution < 1.29 is 23.4 Å². The predicted molar refractivity (Wildman–Crippen MR) is 133 cm³/mol. The number of fused-ring (bicyclic) bond motifs is 2. The van der Waals surface area contributed by atoms with Crippen molar-refractivity contribution in [2.75, 3.05) is 25.7 Å². The Morgan fingerprint density at radius 2 is 1.86 bits per heavy atom. The number of rotatable bonds is 6. The lowest BCUT2D eigenvalue weighted by atomic mass is 9.98. The Balaban J connectivity index is 1.78. The molecular weight excluding hydrogens is 468 g/mol. The molecule has 1 aliphatic heterocycles. The van der Waals surface area contributed by atoms with Crippen LogP contribution in [0.5, 0.6) is 17.2 Å². The average molecular weight is 493 g/mol. The van der Waals surface area contributed by atoms with Crippen LogP contribution in [0.15, 0.2) is 45.6 Å². The minimum atomic E-state index is -0.741. The van der Waals surface area contributed by atoms with Gasteiger partial charge in [0.25, 0.3) is 5.91 Å². The first-order valence-corrected chi connectivity index (χ1v) is 11.9. The zero-order valence-electron chi connectivity index (χ0n) is 20.0. The molecule has 1 atom stereocenters. The molecule has 9 heteroatoms. The fraction of sp³-hybridized carbons (Fsp3) is 0.269. The minimum absolute atomic E-state index is 0.000823. The van der Waals surface area contributed by atoms with Gasteiger partial charge in [-0.05, 0) is 50.6 Å². The van der Waals surface area contributed by atoms with Crippen LogP contribution in [0.4, 0.5) is 5.13 Å². The van der Waals surface area contributed by atoms with Gasteiger partial charge in [-0.2, -0.15) is 0 Å². The van der Waals surface area contributed by atoms with Gasteiger partial charge in [0.2, 0.25) is 5.76 Å². The number of carbonyl (C=O) groups is 1. The Bertz CT molecular complexity index is 1500. The number of benzene rings is 2. The average Bonchev–Trinajstić information content (AvgIpc) is 3.34. The highest BCUT2D eigenvalue weighted by Gasteiger charge is 2.45. The third-order valence-electron chi connectivity index (χ3n) is 6.11. The van der Waals surface area contributed by atoms with E-state index in [1.165, 1.54) is 23.3 Å². The number of ether oxygens (including phenoxy) is 3. The van der Waals surface area contributed by atoms with Crippen molar-refractivity contribution in [2.24, 2.45) is 0 Å². The molecule has 1 aliphatic rings. The highest BCUT2D eigenvalue weighted by atomic mass is 32.1. The maximum atomic E-state index is 13.8. The molecule has 3 heterocycles. The summed E-state index contributed by atoms with van der Waals surface area (Å²) in [6, 6.07) is 9.62. The number of amides is 1. The Morgan fingerprint density at radius 1 is 1.06 bits per heavy atom. The second-order valence-corrected chi connectivity index (χ2v) is 9.28. The molecule has 0 N–H and O–H groups in total. The number of hydrogen-bond donors (Lipinski definition) is 0. The first-order chi connectivity index (χ1) is 16.9. The second-order valence-electron chi connectivity index (χ2n) is 8.10. The van der Waals surface area contributed by atoms with Crippen molar-refractivity contribution in [1.82, 2.24) is 4.98 Å². The number of aryl methyl sites for hydroxylation is 2. The highest BCUT2D eigenvalue weighted by molar-refractivity contribution is 7.15. The molecule has 5 rings (SSSR count). The zero-order valence-corrected chi connectivity index (χ0v) is 20.8. The van der Waals surface area contributed by atoms with Gasteiger partial charge in [-0.3, -0.25) is 14.5 Å². The van der Waals surface area contributed by atoms with E-state index in [4.69, 9.17) is 18.6 Å². The largest absolute Gasteiger partial charge is 0.497 e. The van der Waals surface area contributed by atoms with E-state index in [0.29, 0.717) is 39.9 Å². The first-order valence-electron chi connectivity index (χ1n) is 11.1. The Hall–Kier alpha value is -3.85. The van der Waals surface area contributed by atoms with Gasteiger partial charge in [-0.15, -0.1) is 11.3 Å². The van der Waals surface area contributed by atoms with E-state index in [-0.39, 0.29) is 22.3 Å². The van der Waals surface area contributed by atoms with Gasteiger partial charge in [0, 0.05) is 10.9 Å². The number of anilines is 1. The molecule has 0 saturated heterocycles. The quantitative estimate of drug-likeness (QED) is 0.373. The molecule has 2 aromatic heterocycles. The fourth-order valence-electron chi connectivity index (χ4n) is 4.28. The standard InChI is InChI=1S/C26H24N2O6S/c1-6-33-18-10-7-15(11-20(18)32-5)22-21-23(29)17-9-8-16(31-4)12-19(17)34-24(21)25(30)28(22)26-27-13(2)14(3)35-26/h7-12,22H,6H2,1-5H3. The van der Waals surface area contributed by atoms with Crippen LogP contribution < -0.4 is 24.5 Å². The summed E-state index contributed by atoms with van der Waals surface area (Å²) in [5.74, 6) is 1.19. The van der Waals surface area contributed by atoms with Gasteiger partial charge in [-0.1, -0.05) is 6.07 Å². The first kappa shape index (κ1) is 22.9. The Labute approximate surface area is 205 Å². The van der Waals surface area contributed by atoms with E-state index in [9.17, 15) is 9.59 Å². The van der Waals surface area contributed by atoms with Gasteiger partial charge in [0.1, 0.15) is 11.3 Å². The second kappa shape index (κ2) is 8.74. The molecule has 4 aromatic rings. The van der Waals surface area contributed by atoms with Gasteiger partial charge in [0.05, 0.1) is 43.5 Å². The molecule has 0 fully saturated rings. The lowest BCUT2D eigenvalue weighted by molar-refractivity contribution is 0.0971. The molecule has 0 saturated carbocycles. The van der Waals surface area contributed by atoms with Crippen LogP contribution in [-0.2, 0) is 0 Å². The topological polar surface area (TPSA) is 91.1 Å². The lowest BCUT2D eigenvalue weighted by Crippen LogP contribution is -2.29. The molecule has 0 radical (unpaired) electrons. The summed E-state index contributed by atoms with van der Waals surface area (Å²) in [7, 11) is 3.08. The summed E-state index contributed by atoms with van der Waals surface area (Å²) >= 11 is 1.40. The van der Waals surface area contributed by atoms with Crippen LogP contribution in [0, 0.1) is 13.8 Å².